The predicted octanol–water partition coefficient (Wildman–Crippen LogP) is 5.12. The van der Waals surface area contributed by atoms with Crippen LogP contribution in [0.25, 0.3) is 0 Å². The van der Waals surface area contributed by atoms with E-state index in [1.54, 1.807) is 43.3 Å². The fraction of sp³-hybridized carbons (Fsp3) is 0.484. The third kappa shape index (κ3) is 12.1. The Kier molecular flexibility index (Phi) is 18.5. The number of aliphatic carboxylic acids is 1. The summed E-state index contributed by atoms with van der Waals surface area (Å²) in [6, 6.07) is 17.7. The monoisotopic (exact) mass is 1190 g/mol. The van der Waals surface area contributed by atoms with E-state index in [2.05, 4.69) is 15.7 Å². The molecule has 4 N–H and O–H groups in total. The first kappa shape index (κ1) is 63.4. The van der Waals surface area contributed by atoms with Crippen LogP contribution >= 0.6 is 0 Å². The van der Waals surface area contributed by atoms with E-state index in [0.29, 0.717) is 11.4 Å². The highest BCUT2D eigenvalue weighted by atomic mass is 16.6. The zero-order chi connectivity index (χ0) is 62.8. The summed E-state index contributed by atoms with van der Waals surface area (Å²) in [7, 11) is 0. The summed E-state index contributed by atoms with van der Waals surface area (Å²) in [6.07, 6.45) is -12.9. The lowest BCUT2D eigenvalue weighted by Gasteiger charge is -2.67. The number of carboxylic acids is 1. The van der Waals surface area contributed by atoms with Crippen molar-refractivity contribution in [3.63, 3.8) is 0 Å². The van der Waals surface area contributed by atoms with Crippen LogP contribution in [0.5, 0.6) is 0 Å². The molecule has 12 atom stereocenters. The topological polar surface area (TPSA) is 332 Å². The largest absolute Gasteiger partial charge is 0.481 e. The molecule has 3 aliphatic carbocycles. The van der Waals surface area contributed by atoms with E-state index >= 15 is 9.59 Å². The minimum absolute atomic E-state index is 0.00944. The first-order valence-electron chi connectivity index (χ1n) is 28.3. The van der Waals surface area contributed by atoms with Crippen LogP contribution in [0.4, 0.5) is 5.69 Å². The van der Waals surface area contributed by atoms with Crippen molar-refractivity contribution in [2.75, 3.05) is 11.6 Å². The van der Waals surface area contributed by atoms with Gasteiger partial charge in [-0.3, -0.25) is 43.2 Å². The average molecular weight is 1190 g/mol. The molecule has 24 nitrogen and oxygen atoms in total. The van der Waals surface area contributed by atoms with Crippen LogP contribution in [0.15, 0.2) is 101 Å². The molecule has 2 aliphatic heterocycles. The summed E-state index contributed by atoms with van der Waals surface area (Å²) in [6.45, 7) is 12.2. The number of ketones is 1. The molecule has 458 valence electrons. The highest BCUT2D eigenvalue weighted by Crippen LogP contribution is 2.65. The van der Waals surface area contributed by atoms with Crippen LogP contribution in [0.3, 0.4) is 0 Å². The Labute approximate surface area is 495 Å². The number of carboxylic acid groups (broad SMARTS) is 1. The van der Waals surface area contributed by atoms with Gasteiger partial charge in [-0.05, 0) is 80.3 Å². The van der Waals surface area contributed by atoms with Gasteiger partial charge in [0.25, 0.3) is 11.8 Å². The highest BCUT2D eigenvalue weighted by Gasteiger charge is 2.79. The van der Waals surface area contributed by atoms with Crippen LogP contribution in [0.1, 0.15) is 140 Å². The first-order chi connectivity index (χ1) is 40.6. The maximum absolute atomic E-state index is 16.2. The van der Waals surface area contributed by atoms with Crippen LogP contribution < -0.4 is 15.6 Å². The van der Waals surface area contributed by atoms with E-state index in [1.165, 1.54) is 95.1 Å². The molecule has 3 fully saturated rings. The number of hydrogen-bond acceptors (Lipinski definition) is 20. The quantitative estimate of drug-likeness (QED) is 0.0648. The second-order valence-electron chi connectivity index (χ2n) is 22.9. The number of Topliss-reactive ketones (excluding diaryl/α,β-unsaturated/α-hetero) is 1. The Morgan fingerprint density at radius 2 is 1.43 bits per heavy atom. The van der Waals surface area contributed by atoms with Crippen molar-refractivity contribution >= 4 is 76.7 Å². The molecule has 5 aliphatic rings. The number of fused-ring (bicyclic) bond motifs is 5. The molecule has 3 aromatic carbocycles. The molecule has 3 amide bonds. The lowest BCUT2D eigenvalue weighted by Crippen LogP contribution is -2.82. The molecule has 2 bridgehead atoms. The van der Waals surface area contributed by atoms with Gasteiger partial charge in [-0.25, -0.2) is 14.6 Å². The Balaban J connectivity index is 1.24. The van der Waals surface area contributed by atoms with E-state index in [9.17, 15) is 53.4 Å². The maximum atomic E-state index is 16.2. The number of aliphatic hydroxyl groups is 1. The summed E-state index contributed by atoms with van der Waals surface area (Å²) in [5.74, 6) is -12.1. The minimum atomic E-state index is -2.59. The van der Waals surface area contributed by atoms with Gasteiger partial charge in [0, 0.05) is 62.6 Å². The van der Waals surface area contributed by atoms with Gasteiger partial charge in [0.1, 0.15) is 42.1 Å². The van der Waals surface area contributed by atoms with Gasteiger partial charge < -0.3 is 54.0 Å². The minimum Gasteiger partial charge on any atom is -0.481 e. The number of nitrogens with zero attached hydrogens (tertiary/aromatic N) is 2. The molecule has 0 aromatic heterocycles. The number of ether oxygens (including phenoxy) is 7. The standard InChI is InChI=1S/C62H70N4O20/c1-10-46(72)83-42-29-43-61(31-80-43,86-35(6)68)52-54(85-57(77)38-20-16-13-17-21-38)62(79)30-41(33(4)48(59(62,7)8)50(81-34(5)67)53(74)60(42,52)9)82-58(78)51(84-47(73)11-2)49(36-18-14-12-15-19-36)64-56(76)40(26-27-45(70)71)63-55(75)37-22-24-39(25-23-37)66-44(69)28-32(3)65-66/h12-25,40-43,49-52,54,79H,10-11,26-31H2,1-9H3,(H,63,75)(H,64,76)(H,70,71)/t40-,41+,42+,43-,49+,50-,51-,52+,54+,60-,61+,62-/m1/s1. The number of anilines is 1. The number of nitrogens with one attached hydrogen (secondary N) is 2. The summed E-state index contributed by atoms with van der Waals surface area (Å²) >= 11 is 0. The smallest absolute Gasteiger partial charge is 0.350 e. The molecule has 0 spiro atoms. The molecule has 0 unspecified atom stereocenters. The van der Waals surface area contributed by atoms with E-state index in [-0.39, 0.29) is 59.4 Å². The number of benzene rings is 3. The first-order valence-corrected chi connectivity index (χ1v) is 28.3. The number of rotatable bonds is 20. The number of carbonyl (C=O) groups excluding carboxylic acids is 10. The zero-order valence-electron chi connectivity index (χ0n) is 49.1. The van der Waals surface area contributed by atoms with Crippen molar-refractivity contribution in [1.82, 2.24) is 10.6 Å². The van der Waals surface area contributed by atoms with E-state index in [1.807, 2.05) is 0 Å². The Morgan fingerprint density at radius 3 is 1.99 bits per heavy atom. The summed E-state index contributed by atoms with van der Waals surface area (Å²) in [5.41, 5.74) is -7.57. The summed E-state index contributed by atoms with van der Waals surface area (Å²) in [4.78, 5) is 153. The van der Waals surface area contributed by atoms with Crippen LogP contribution in [0.2, 0.25) is 0 Å². The molecule has 8 rings (SSSR count). The fourth-order valence-corrected chi connectivity index (χ4v) is 12.6. The van der Waals surface area contributed by atoms with Crippen molar-refractivity contribution in [3.8, 4) is 0 Å². The second kappa shape index (κ2) is 25.1. The van der Waals surface area contributed by atoms with Crippen molar-refractivity contribution in [1.29, 1.82) is 0 Å². The fourth-order valence-electron chi connectivity index (χ4n) is 12.6. The van der Waals surface area contributed by atoms with E-state index in [0.717, 1.165) is 13.8 Å². The van der Waals surface area contributed by atoms with Gasteiger partial charge in [-0.2, -0.15) is 5.10 Å². The number of carbonyl (C=O) groups is 11. The van der Waals surface area contributed by atoms with Gasteiger partial charge in [-0.15, -0.1) is 0 Å². The molecular weight excluding hydrogens is 1120 g/mol. The molecule has 3 aromatic rings. The van der Waals surface area contributed by atoms with Crippen LogP contribution in [-0.4, -0.2) is 142 Å². The average Bonchev–Trinajstić information content (AvgIpc) is 0.716. The highest BCUT2D eigenvalue weighted by molar-refractivity contribution is 6.12. The van der Waals surface area contributed by atoms with Gasteiger partial charge in [0.05, 0.1) is 35.6 Å². The number of hydrazone groups is 1. The third-order valence-electron chi connectivity index (χ3n) is 17.1. The zero-order valence-corrected chi connectivity index (χ0v) is 49.1. The van der Waals surface area contributed by atoms with Crippen molar-refractivity contribution in [3.05, 3.63) is 113 Å². The Hall–Kier alpha value is -8.64. The van der Waals surface area contributed by atoms with Crippen molar-refractivity contribution in [2.24, 2.45) is 21.8 Å². The molecule has 2 heterocycles. The van der Waals surface area contributed by atoms with Gasteiger partial charge in [-0.1, -0.05) is 76.2 Å². The Morgan fingerprint density at radius 1 is 0.791 bits per heavy atom. The third-order valence-corrected chi connectivity index (χ3v) is 17.1. The number of amides is 3. The number of esters is 6. The lowest BCUT2D eigenvalue weighted by atomic mass is 9.44. The van der Waals surface area contributed by atoms with Crippen molar-refractivity contribution < 1.29 is 96.1 Å². The van der Waals surface area contributed by atoms with E-state index < -0.39 is 162 Å². The van der Waals surface area contributed by atoms with Crippen molar-refractivity contribution in [2.45, 2.75) is 167 Å². The van der Waals surface area contributed by atoms with Gasteiger partial charge in [0.15, 0.2) is 17.5 Å². The SMILES string of the molecule is CCC(=O)O[C@H]1C[C@H]2OC[C@@]2(OC(C)=O)[C@H]2[C@H](OC(=O)c3ccccc3)[C@]3(O)C[C@H](OC(=O)[C@H](OC(=O)CC)[C@@H](NC(=O)[C@@H](CCC(=O)O)NC(=O)c4ccc(N5N=C(C)CC5=O)cc4)c4ccccc4)C(C)=C([C@@H](OC(C)=O)C(=O)[C@]12C)C3(C)C. The summed E-state index contributed by atoms with van der Waals surface area (Å²) in [5, 5.41) is 34.6. The molecule has 86 heavy (non-hydrogen) atoms. The van der Waals surface area contributed by atoms with Crippen LogP contribution in [-0.2, 0) is 76.3 Å². The van der Waals surface area contributed by atoms with Gasteiger partial charge >= 0.3 is 41.8 Å². The molecule has 0 radical (unpaired) electrons. The molecule has 24 heteroatoms. The predicted molar refractivity (Wildman–Crippen MR) is 300 cm³/mol. The normalized spacial score (nSPS) is 27.3. The van der Waals surface area contributed by atoms with Gasteiger partial charge in [0.2, 0.25) is 12.0 Å². The Bertz CT molecular complexity index is 3270. The lowest BCUT2D eigenvalue weighted by molar-refractivity contribution is -0.346. The molecule has 2 saturated carbocycles. The maximum Gasteiger partial charge on any atom is 0.350 e. The summed E-state index contributed by atoms with van der Waals surface area (Å²) < 4.78 is 43.2. The second-order valence-corrected chi connectivity index (χ2v) is 22.9. The van der Waals surface area contributed by atoms with Crippen LogP contribution in [0, 0.1) is 16.7 Å². The molecule has 1 saturated heterocycles. The van der Waals surface area contributed by atoms with E-state index in [4.69, 9.17) is 33.2 Å². The molecular formula is C62H70N4O20. The number of hydrogen-bond donors (Lipinski definition) is 4.